The number of nitrogens with zero attached hydrogens (tertiary/aromatic N) is 1. The van der Waals surface area contributed by atoms with Crippen LogP contribution in [0.2, 0.25) is 0 Å². The van der Waals surface area contributed by atoms with Crippen LogP contribution in [0.1, 0.15) is 0 Å². The average Bonchev–Trinajstić information content (AvgIpc) is 2.67. The Morgan fingerprint density at radius 1 is 0.538 bits per heavy atom. The zero-order valence-electron chi connectivity index (χ0n) is 14.6. The normalized spacial score (nSPS) is 10.2. The molecule has 0 bridgehead atoms. The van der Waals surface area contributed by atoms with E-state index in [0.29, 0.717) is 19.6 Å². The minimum Gasteiger partial charge on any atom is -0.270 e. The molecule has 0 atom stereocenters. The lowest BCUT2D eigenvalue weighted by atomic mass is 9.95. The first kappa shape index (κ1) is 17.4. The summed E-state index contributed by atoms with van der Waals surface area (Å²) in [7, 11) is 0. The van der Waals surface area contributed by atoms with Crippen molar-refractivity contribution < 1.29 is 0 Å². The summed E-state index contributed by atoms with van der Waals surface area (Å²) in [5.74, 6) is 7.42. The van der Waals surface area contributed by atoms with Gasteiger partial charge < -0.3 is 0 Å². The fraction of sp³-hybridized carbons (Fsp3) is 0.120. The highest BCUT2D eigenvalue weighted by atomic mass is 15.1. The fourth-order valence-electron chi connectivity index (χ4n) is 3.22. The number of terminal acetylenes is 3. The third kappa shape index (κ3) is 3.48. The first-order valence-electron chi connectivity index (χ1n) is 8.43. The van der Waals surface area contributed by atoms with Crippen LogP contribution in [0.3, 0.4) is 0 Å². The Kier molecular flexibility index (Phi) is 5.41. The molecule has 0 heterocycles. The van der Waals surface area contributed by atoms with Gasteiger partial charge in [0.25, 0.3) is 0 Å². The standard InChI is InChI=1S/C16H10.C9H9N/c1-3-11-7-9-13-5-2-6-14-10-8-12(4-1)15(11)16(13)14;1-4-7-10(8-5-2)9-6-3/h1-10H;1-3H,7-9H2. The maximum Gasteiger partial charge on any atom is 0.0616 e. The number of benzene rings is 4. The highest BCUT2D eigenvalue weighted by molar-refractivity contribution is 6.22. The molecule has 0 spiro atoms. The van der Waals surface area contributed by atoms with Crippen LogP contribution in [0, 0.1) is 37.0 Å². The molecule has 4 aromatic rings. The van der Waals surface area contributed by atoms with Gasteiger partial charge in [0.15, 0.2) is 0 Å². The van der Waals surface area contributed by atoms with Crippen LogP contribution >= 0.6 is 0 Å². The molecule has 0 unspecified atom stereocenters. The molecule has 0 aliphatic heterocycles. The molecule has 0 fully saturated rings. The van der Waals surface area contributed by atoms with Gasteiger partial charge in [0.05, 0.1) is 19.6 Å². The Hall–Kier alpha value is -3.44. The van der Waals surface area contributed by atoms with Crippen LogP contribution in [0.15, 0.2) is 60.7 Å². The van der Waals surface area contributed by atoms with Crippen LogP contribution in [0.5, 0.6) is 0 Å². The van der Waals surface area contributed by atoms with Gasteiger partial charge in [-0.25, -0.2) is 0 Å². The molecule has 0 aliphatic carbocycles. The molecule has 4 rings (SSSR count). The van der Waals surface area contributed by atoms with Crippen molar-refractivity contribution in [2.45, 2.75) is 0 Å². The van der Waals surface area contributed by atoms with Crippen molar-refractivity contribution in [1.29, 1.82) is 0 Å². The summed E-state index contributed by atoms with van der Waals surface area (Å²) >= 11 is 0. The van der Waals surface area contributed by atoms with Gasteiger partial charge in [-0.3, -0.25) is 4.90 Å². The van der Waals surface area contributed by atoms with Gasteiger partial charge in [0.1, 0.15) is 0 Å². The molecule has 0 amide bonds. The maximum atomic E-state index is 5.06. The Morgan fingerprint density at radius 3 is 1.12 bits per heavy atom. The van der Waals surface area contributed by atoms with E-state index >= 15 is 0 Å². The molecule has 0 radical (unpaired) electrons. The topological polar surface area (TPSA) is 3.24 Å². The smallest absolute Gasteiger partial charge is 0.0616 e. The highest BCUT2D eigenvalue weighted by Gasteiger charge is 2.05. The van der Waals surface area contributed by atoms with E-state index in [2.05, 4.69) is 78.4 Å². The van der Waals surface area contributed by atoms with E-state index in [0.717, 1.165) is 0 Å². The van der Waals surface area contributed by atoms with Crippen LogP contribution in [0.4, 0.5) is 0 Å². The zero-order valence-corrected chi connectivity index (χ0v) is 14.6. The van der Waals surface area contributed by atoms with E-state index in [9.17, 15) is 0 Å². The summed E-state index contributed by atoms with van der Waals surface area (Å²) in [6.07, 6.45) is 15.2. The van der Waals surface area contributed by atoms with Crippen molar-refractivity contribution in [2.75, 3.05) is 19.6 Å². The Morgan fingerprint density at radius 2 is 0.846 bits per heavy atom. The van der Waals surface area contributed by atoms with E-state index in [-0.39, 0.29) is 0 Å². The van der Waals surface area contributed by atoms with Gasteiger partial charge in [-0.05, 0) is 32.3 Å². The van der Waals surface area contributed by atoms with Gasteiger partial charge in [-0.2, -0.15) is 0 Å². The molecular weight excluding hydrogens is 314 g/mol. The van der Waals surface area contributed by atoms with Crippen molar-refractivity contribution in [3.8, 4) is 37.0 Å². The van der Waals surface area contributed by atoms with Crippen molar-refractivity contribution in [3.63, 3.8) is 0 Å². The van der Waals surface area contributed by atoms with Crippen molar-refractivity contribution >= 4 is 32.3 Å². The van der Waals surface area contributed by atoms with Crippen LogP contribution in [0.25, 0.3) is 32.3 Å². The largest absolute Gasteiger partial charge is 0.270 e. The fourth-order valence-corrected chi connectivity index (χ4v) is 3.22. The predicted octanol–water partition coefficient (Wildman–Crippen LogP) is 4.77. The van der Waals surface area contributed by atoms with Crippen LogP contribution in [-0.2, 0) is 0 Å². The molecule has 0 aliphatic rings. The zero-order chi connectivity index (χ0) is 18.4. The molecule has 0 aromatic heterocycles. The number of hydrogen-bond acceptors (Lipinski definition) is 1. The Labute approximate surface area is 155 Å². The predicted molar refractivity (Wildman–Crippen MR) is 113 cm³/mol. The van der Waals surface area contributed by atoms with Gasteiger partial charge in [-0.15, -0.1) is 19.3 Å². The second-order valence-corrected chi connectivity index (χ2v) is 6.05. The van der Waals surface area contributed by atoms with E-state index in [1.54, 1.807) is 0 Å². The van der Waals surface area contributed by atoms with Crippen LogP contribution in [-0.4, -0.2) is 24.5 Å². The van der Waals surface area contributed by atoms with Crippen molar-refractivity contribution in [3.05, 3.63) is 60.7 Å². The minimum atomic E-state index is 0.522. The Bertz CT molecular complexity index is 980. The first-order chi connectivity index (χ1) is 12.8. The lowest BCUT2D eigenvalue weighted by molar-refractivity contribution is 0.390. The van der Waals surface area contributed by atoms with Gasteiger partial charge in [0, 0.05) is 0 Å². The van der Waals surface area contributed by atoms with E-state index in [4.69, 9.17) is 19.3 Å². The van der Waals surface area contributed by atoms with Gasteiger partial charge in [0.2, 0.25) is 0 Å². The summed E-state index contributed by atoms with van der Waals surface area (Å²) in [4.78, 5) is 1.83. The summed E-state index contributed by atoms with van der Waals surface area (Å²) in [5, 5.41) is 8.14. The van der Waals surface area contributed by atoms with E-state index in [1.165, 1.54) is 32.3 Å². The number of hydrogen-bond donors (Lipinski definition) is 0. The van der Waals surface area contributed by atoms with Crippen LogP contribution < -0.4 is 0 Å². The molecule has 1 nitrogen and oxygen atoms in total. The SMILES string of the molecule is C#CCN(CC#C)CC#C.c1cc2ccc3cccc4ccc(c1)c2c34. The van der Waals surface area contributed by atoms with Gasteiger partial charge in [-0.1, -0.05) is 78.4 Å². The van der Waals surface area contributed by atoms with Crippen molar-refractivity contribution in [1.82, 2.24) is 4.90 Å². The number of rotatable bonds is 3. The summed E-state index contributed by atoms with van der Waals surface area (Å²) in [6, 6.07) is 21.9. The van der Waals surface area contributed by atoms with Crippen molar-refractivity contribution in [2.24, 2.45) is 0 Å². The lowest BCUT2D eigenvalue weighted by Crippen LogP contribution is -2.24. The summed E-state index contributed by atoms with van der Waals surface area (Å²) in [5.41, 5.74) is 0. The molecule has 124 valence electrons. The van der Waals surface area contributed by atoms with E-state index in [1.807, 2.05) is 4.90 Å². The summed E-state index contributed by atoms with van der Waals surface area (Å²) < 4.78 is 0. The molecule has 26 heavy (non-hydrogen) atoms. The molecule has 4 aromatic carbocycles. The molecule has 0 saturated carbocycles. The second-order valence-electron chi connectivity index (χ2n) is 6.05. The maximum absolute atomic E-state index is 5.06. The molecule has 1 heteroatoms. The minimum absolute atomic E-state index is 0.522. The monoisotopic (exact) mass is 333 g/mol. The van der Waals surface area contributed by atoms with E-state index < -0.39 is 0 Å². The third-order valence-corrected chi connectivity index (χ3v) is 4.34. The third-order valence-electron chi connectivity index (χ3n) is 4.34. The van der Waals surface area contributed by atoms with Gasteiger partial charge >= 0.3 is 0 Å². The second kappa shape index (κ2) is 8.09. The molecule has 0 saturated heterocycles. The summed E-state index contributed by atoms with van der Waals surface area (Å²) in [6.45, 7) is 1.57. The first-order valence-corrected chi connectivity index (χ1v) is 8.43. The Balaban J connectivity index is 0.000000172. The quantitative estimate of drug-likeness (QED) is 0.385. The average molecular weight is 333 g/mol. The highest BCUT2D eigenvalue weighted by Crippen LogP contribution is 2.33. The molecular formula is C25H19N. The lowest BCUT2D eigenvalue weighted by Gasteiger charge is -2.11. The molecule has 0 N–H and O–H groups in total.